The summed E-state index contributed by atoms with van der Waals surface area (Å²) in [5.74, 6) is -0.512. The van der Waals surface area contributed by atoms with Crippen LogP contribution in [0, 0.1) is 13.8 Å². The maximum Gasteiger partial charge on any atom is 0.255 e. The summed E-state index contributed by atoms with van der Waals surface area (Å²) < 4.78 is 1.77. The van der Waals surface area contributed by atoms with Crippen molar-refractivity contribution in [2.75, 3.05) is 13.1 Å². The van der Waals surface area contributed by atoms with Crippen molar-refractivity contribution >= 4 is 11.8 Å². The first-order valence-electron chi connectivity index (χ1n) is 10.2. The minimum Gasteiger partial charge on any atom is -0.355 e. The zero-order valence-electron chi connectivity index (χ0n) is 17.7. The van der Waals surface area contributed by atoms with Crippen LogP contribution in [0.3, 0.4) is 0 Å². The Morgan fingerprint density at radius 1 is 0.933 bits per heavy atom. The molecule has 1 aromatic heterocycles. The summed E-state index contributed by atoms with van der Waals surface area (Å²) in [5, 5.41) is 10.1. The first kappa shape index (κ1) is 21.3. The van der Waals surface area contributed by atoms with Crippen molar-refractivity contribution in [3.63, 3.8) is 0 Å². The van der Waals surface area contributed by atoms with Gasteiger partial charge < -0.3 is 10.6 Å². The van der Waals surface area contributed by atoms with Gasteiger partial charge in [0.25, 0.3) is 5.91 Å². The van der Waals surface area contributed by atoms with Gasteiger partial charge in [0.15, 0.2) is 0 Å². The Balaban J connectivity index is 1.84. The molecule has 0 saturated heterocycles. The topological polar surface area (TPSA) is 76.0 Å². The van der Waals surface area contributed by atoms with Crippen LogP contribution < -0.4 is 10.6 Å². The van der Waals surface area contributed by atoms with Crippen molar-refractivity contribution in [1.82, 2.24) is 20.4 Å². The molecule has 0 unspecified atom stereocenters. The van der Waals surface area contributed by atoms with Gasteiger partial charge in [-0.05, 0) is 25.8 Å². The maximum absolute atomic E-state index is 12.8. The van der Waals surface area contributed by atoms with Crippen molar-refractivity contribution < 1.29 is 9.59 Å². The summed E-state index contributed by atoms with van der Waals surface area (Å²) in [6.45, 7) is 7.14. The molecular weight excluding hydrogens is 376 g/mol. The SMILES string of the molecule is CCCNC(=O)CNC(=O)c1cn(Cc2ccc(C)cc2)nc1-c1ccc(C)cc1. The number of aryl methyl sites for hydroxylation is 2. The quantitative estimate of drug-likeness (QED) is 0.604. The van der Waals surface area contributed by atoms with E-state index in [-0.39, 0.29) is 18.4 Å². The molecule has 156 valence electrons. The number of hydrogen-bond donors (Lipinski definition) is 2. The lowest BCUT2D eigenvalue weighted by molar-refractivity contribution is -0.120. The minimum atomic E-state index is -0.313. The Kier molecular flexibility index (Phi) is 7.01. The first-order valence-corrected chi connectivity index (χ1v) is 10.2. The summed E-state index contributed by atoms with van der Waals surface area (Å²) in [6, 6.07) is 16.1. The second-order valence-corrected chi connectivity index (χ2v) is 7.47. The van der Waals surface area contributed by atoms with E-state index in [4.69, 9.17) is 0 Å². The average molecular weight is 405 g/mol. The van der Waals surface area contributed by atoms with E-state index in [9.17, 15) is 9.59 Å². The van der Waals surface area contributed by atoms with Crippen LogP contribution in [0.15, 0.2) is 54.7 Å². The molecule has 0 aliphatic heterocycles. The highest BCUT2D eigenvalue weighted by molar-refractivity contribution is 6.01. The van der Waals surface area contributed by atoms with Crippen LogP contribution in [0.4, 0.5) is 0 Å². The Morgan fingerprint density at radius 2 is 1.57 bits per heavy atom. The summed E-state index contributed by atoms with van der Waals surface area (Å²) in [7, 11) is 0. The van der Waals surface area contributed by atoms with Gasteiger partial charge in [0, 0.05) is 18.3 Å². The molecule has 2 amide bonds. The van der Waals surface area contributed by atoms with E-state index in [2.05, 4.69) is 40.0 Å². The third kappa shape index (κ3) is 5.56. The number of amides is 2. The lowest BCUT2D eigenvalue weighted by atomic mass is 10.1. The normalized spacial score (nSPS) is 10.6. The fourth-order valence-electron chi connectivity index (χ4n) is 3.06. The molecule has 2 N–H and O–H groups in total. The molecule has 30 heavy (non-hydrogen) atoms. The molecule has 6 heteroatoms. The van der Waals surface area contributed by atoms with Gasteiger partial charge in [-0.3, -0.25) is 14.3 Å². The highest BCUT2D eigenvalue weighted by Gasteiger charge is 2.18. The van der Waals surface area contributed by atoms with Gasteiger partial charge in [-0.15, -0.1) is 0 Å². The molecule has 1 heterocycles. The van der Waals surface area contributed by atoms with Crippen LogP contribution in [0.25, 0.3) is 11.3 Å². The Labute approximate surface area is 177 Å². The Morgan fingerprint density at radius 3 is 2.20 bits per heavy atom. The molecule has 2 aromatic carbocycles. The summed E-state index contributed by atoms with van der Waals surface area (Å²) >= 11 is 0. The molecule has 0 aliphatic carbocycles. The zero-order valence-corrected chi connectivity index (χ0v) is 17.7. The summed E-state index contributed by atoms with van der Waals surface area (Å²) in [4.78, 5) is 24.7. The lowest BCUT2D eigenvalue weighted by Gasteiger charge is -2.06. The number of aromatic nitrogens is 2. The van der Waals surface area contributed by atoms with Gasteiger partial charge in [-0.2, -0.15) is 5.10 Å². The molecule has 0 saturated carbocycles. The van der Waals surface area contributed by atoms with E-state index in [1.54, 1.807) is 10.9 Å². The molecule has 0 spiro atoms. The van der Waals surface area contributed by atoms with E-state index in [0.29, 0.717) is 24.3 Å². The van der Waals surface area contributed by atoms with Gasteiger partial charge >= 0.3 is 0 Å². The van der Waals surface area contributed by atoms with E-state index in [1.165, 1.54) is 5.56 Å². The second kappa shape index (κ2) is 9.87. The summed E-state index contributed by atoms with van der Waals surface area (Å²) in [5.41, 5.74) is 5.36. The van der Waals surface area contributed by atoms with Crippen molar-refractivity contribution in [2.45, 2.75) is 33.7 Å². The van der Waals surface area contributed by atoms with Gasteiger partial charge in [-0.25, -0.2) is 0 Å². The lowest BCUT2D eigenvalue weighted by Crippen LogP contribution is -2.37. The van der Waals surface area contributed by atoms with Crippen molar-refractivity contribution in [1.29, 1.82) is 0 Å². The number of hydrogen-bond acceptors (Lipinski definition) is 3. The van der Waals surface area contributed by atoms with Gasteiger partial charge in [0.05, 0.1) is 18.7 Å². The van der Waals surface area contributed by atoms with Crippen LogP contribution in [-0.4, -0.2) is 34.7 Å². The largest absolute Gasteiger partial charge is 0.355 e. The number of carbonyl (C=O) groups is 2. The second-order valence-electron chi connectivity index (χ2n) is 7.47. The number of benzene rings is 2. The summed E-state index contributed by atoms with van der Waals surface area (Å²) in [6.07, 6.45) is 2.59. The van der Waals surface area contributed by atoms with Crippen LogP contribution >= 0.6 is 0 Å². The molecule has 3 rings (SSSR count). The zero-order chi connectivity index (χ0) is 21.5. The smallest absolute Gasteiger partial charge is 0.255 e. The van der Waals surface area contributed by atoms with Crippen LogP contribution in [-0.2, 0) is 11.3 Å². The number of nitrogens with zero attached hydrogens (tertiary/aromatic N) is 2. The Hall–Kier alpha value is -3.41. The predicted octanol–water partition coefficient (Wildman–Crippen LogP) is 3.47. The number of rotatable bonds is 8. The molecule has 3 aromatic rings. The van der Waals surface area contributed by atoms with Crippen molar-refractivity contribution in [3.05, 3.63) is 77.0 Å². The molecule has 0 fully saturated rings. The number of carbonyl (C=O) groups excluding carboxylic acids is 2. The molecule has 6 nitrogen and oxygen atoms in total. The van der Waals surface area contributed by atoms with Gasteiger partial charge in [-0.1, -0.05) is 66.6 Å². The van der Waals surface area contributed by atoms with Crippen molar-refractivity contribution in [2.24, 2.45) is 0 Å². The fraction of sp³-hybridized carbons (Fsp3) is 0.292. The van der Waals surface area contributed by atoms with E-state index >= 15 is 0 Å². The van der Waals surface area contributed by atoms with E-state index < -0.39 is 0 Å². The molecule has 0 radical (unpaired) electrons. The van der Waals surface area contributed by atoms with Crippen LogP contribution in [0.1, 0.15) is 40.4 Å². The Bertz CT molecular complexity index is 1000. The van der Waals surface area contributed by atoms with E-state index in [0.717, 1.165) is 23.1 Å². The third-order valence-corrected chi connectivity index (χ3v) is 4.78. The monoisotopic (exact) mass is 404 g/mol. The molecule has 0 bridgehead atoms. The standard InChI is InChI=1S/C24H28N4O2/c1-4-13-25-22(29)14-26-24(30)21-16-28(15-19-9-5-17(2)6-10-19)27-23(21)20-11-7-18(3)8-12-20/h5-12,16H,4,13-15H2,1-3H3,(H,25,29)(H,26,30). The highest BCUT2D eigenvalue weighted by atomic mass is 16.2. The van der Waals surface area contributed by atoms with Crippen molar-refractivity contribution in [3.8, 4) is 11.3 Å². The molecule has 0 aliphatic rings. The first-order chi connectivity index (χ1) is 14.5. The molecule has 0 atom stereocenters. The van der Waals surface area contributed by atoms with Gasteiger partial charge in [0.1, 0.15) is 5.69 Å². The fourth-order valence-corrected chi connectivity index (χ4v) is 3.06. The van der Waals surface area contributed by atoms with Crippen LogP contribution in [0.5, 0.6) is 0 Å². The third-order valence-electron chi connectivity index (χ3n) is 4.78. The average Bonchev–Trinajstić information content (AvgIpc) is 3.16. The maximum atomic E-state index is 12.8. The number of nitrogens with one attached hydrogen (secondary N) is 2. The molecular formula is C24H28N4O2. The highest BCUT2D eigenvalue weighted by Crippen LogP contribution is 2.23. The van der Waals surface area contributed by atoms with Gasteiger partial charge in [0.2, 0.25) is 5.91 Å². The minimum absolute atomic E-state index is 0.0602. The predicted molar refractivity (Wildman–Crippen MR) is 118 cm³/mol. The van der Waals surface area contributed by atoms with E-state index in [1.807, 2.05) is 45.0 Å². The van der Waals surface area contributed by atoms with Crippen LogP contribution in [0.2, 0.25) is 0 Å².